The van der Waals surface area contributed by atoms with Crippen LogP contribution in [0.1, 0.15) is 25.7 Å². The third-order valence-corrected chi connectivity index (χ3v) is 7.93. The Morgan fingerprint density at radius 1 is 1.09 bits per heavy atom. The Kier molecular flexibility index (Phi) is 7.86. The van der Waals surface area contributed by atoms with Gasteiger partial charge in [-0.3, -0.25) is 4.79 Å². The molecule has 0 aliphatic heterocycles. The summed E-state index contributed by atoms with van der Waals surface area (Å²) in [5, 5.41) is 2.47. The molecule has 0 saturated heterocycles. The lowest BCUT2D eigenvalue weighted by molar-refractivity contribution is -0.121. The monoisotopic (exact) mass is 497 g/mol. The van der Waals surface area contributed by atoms with Gasteiger partial charge in [0.05, 0.1) is 18.0 Å². The molecule has 0 spiro atoms. The second-order valence-corrected chi connectivity index (χ2v) is 16.0. The van der Waals surface area contributed by atoms with Crippen LogP contribution in [0.5, 0.6) is 5.75 Å². The summed E-state index contributed by atoms with van der Waals surface area (Å²) in [6, 6.07) is 12.9. The largest absolute Gasteiger partial charge is 0.490 e. The van der Waals surface area contributed by atoms with Crippen LogP contribution >= 0.6 is 11.6 Å². The van der Waals surface area contributed by atoms with Gasteiger partial charge in [-0.2, -0.15) is 0 Å². The van der Waals surface area contributed by atoms with Gasteiger partial charge in [-0.05, 0) is 60.7 Å². The van der Waals surface area contributed by atoms with Crippen LogP contribution in [0.3, 0.4) is 0 Å². The number of Topliss-reactive ketones (excluding diaryl/α,β-unsaturated/α-hetero) is 1. The van der Waals surface area contributed by atoms with Crippen molar-refractivity contribution in [3.05, 3.63) is 53.9 Å². The van der Waals surface area contributed by atoms with E-state index in [1.54, 1.807) is 18.5 Å². The van der Waals surface area contributed by atoms with E-state index in [1.165, 1.54) is 0 Å². The molecule has 1 aliphatic carbocycles. The van der Waals surface area contributed by atoms with Crippen LogP contribution in [-0.2, 0) is 9.53 Å². The summed E-state index contributed by atoms with van der Waals surface area (Å²) in [7, 11) is -1.19. The van der Waals surface area contributed by atoms with E-state index in [0.29, 0.717) is 37.1 Å². The Balaban J connectivity index is 1.58. The van der Waals surface area contributed by atoms with E-state index in [9.17, 15) is 4.79 Å². The highest BCUT2D eigenvalue weighted by molar-refractivity contribution is 6.76. The third-order valence-electron chi connectivity index (χ3n) is 6.00. The van der Waals surface area contributed by atoms with E-state index in [1.807, 2.05) is 35.2 Å². The summed E-state index contributed by atoms with van der Waals surface area (Å²) >= 11 is 6.04. The SMILES string of the molecule is C[Si](C)(C)CCOCN(c1ccc(Cl)nc1)c1nccc2cc(OC3CCC(=O)CC3)ccc12. The molecule has 0 unspecified atom stereocenters. The number of ether oxygens (including phenoxy) is 2. The fraction of sp³-hybridized carbons (Fsp3) is 0.423. The first-order chi connectivity index (χ1) is 16.3. The van der Waals surface area contributed by atoms with Crippen LogP contribution < -0.4 is 9.64 Å². The summed E-state index contributed by atoms with van der Waals surface area (Å²) in [5.41, 5.74) is 0.865. The van der Waals surface area contributed by atoms with Gasteiger partial charge in [0.25, 0.3) is 0 Å². The molecule has 0 N–H and O–H groups in total. The Labute approximate surface area is 207 Å². The minimum absolute atomic E-state index is 0.0906. The minimum atomic E-state index is -1.19. The van der Waals surface area contributed by atoms with Crippen molar-refractivity contribution in [2.75, 3.05) is 18.2 Å². The number of ketones is 1. The number of carbonyl (C=O) groups excluding carboxylic acids is 1. The summed E-state index contributed by atoms with van der Waals surface area (Å²) in [4.78, 5) is 22.5. The number of halogens is 1. The Morgan fingerprint density at radius 3 is 2.59 bits per heavy atom. The normalized spacial score (nSPS) is 15.0. The lowest BCUT2D eigenvalue weighted by atomic mass is 9.96. The van der Waals surface area contributed by atoms with E-state index < -0.39 is 8.07 Å². The molecule has 8 heteroatoms. The number of anilines is 2. The lowest BCUT2D eigenvalue weighted by Crippen LogP contribution is -2.26. The van der Waals surface area contributed by atoms with Gasteiger partial charge in [0, 0.05) is 39.1 Å². The zero-order valence-corrected chi connectivity index (χ0v) is 21.8. The zero-order chi connectivity index (χ0) is 24.1. The van der Waals surface area contributed by atoms with Gasteiger partial charge in [0.1, 0.15) is 29.2 Å². The first-order valence-corrected chi connectivity index (χ1v) is 15.9. The molecular formula is C26H32ClN3O3Si. The molecule has 180 valence electrons. The summed E-state index contributed by atoms with van der Waals surface area (Å²) in [5.74, 6) is 1.94. The van der Waals surface area contributed by atoms with Crippen molar-refractivity contribution < 1.29 is 14.3 Å². The minimum Gasteiger partial charge on any atom is -0.490 e. The molecule has 1 aliphatic rings. The fourth-order valence-electron chi connectivity index (χ4n) is 3.97. The van der Waals surface area contributed by atoms with Gasteiger partial charge in [-0.25, -0.2) is 9.97 Å². The molecule has 1 saturated carbocycles. The van der Waals surface area contributed by atoms with Crippen molar-refractivity contribution in [2.45, 2.75) is 57.5 Å². The number of hydrogen-bond acceptors (Lipinski definition) is 6. The Morgan fingerprint density at radius 2 is 1.88 bits per heavy atom. The molecule has 1 aromatic carbocycles. The van der Waals surface area contributed by atoms with Crippen molar-refractivity contribution in [3.63, 3.8) is 0 Å². The number of pyridine rings is 2. The van der Waals surface area contributed by atoms with E-state index in [2.05, 4.69) is 24.6 Å². The first-order valence-electron chi connectivity index (χ1n) is 11.8. The molecule has 2 aromatic heterocycles. The average molecular weight is 498 g/mol. The van der Waals surface area contributed by atoms with Gasteiger partial charge < -0.3 is 14.4 Å². The van der Waals surface area contributed by atoms with E-state index in [-0.39, 0.29) is 6.10 Å². The highest BCUT2D eigenvalue weighted by atomic mass is 35.5. The van der Waals surface area contributed by atoms with Crippen LogP contribution in [0.25, 0.3) is 10.8 Å². The first kappa shape index (κ1) is 24.6. The molecule has 2 heterocycles. The number of fused-ring (bicyclic) bond motifs is 1. The molecule has 6 nitrogen and oxygen atoms in total. The van der Waals surface area contributed by atoms with E-state index >= 15 is 0 Å². The van der Waals surface area contributed by atoms with E-state index in [0.717, 1.165) is 46.9 Å². The molecular weight excluding hydrogens is 466 g/mol. The standard InChI is InChI=1S/C26H32ClN3O3Si/c1-34(2,3)15-14-32-18-30(20-4-11-25(27)29-17-20)26-24-10-9-23(16-19(24)12-13-28-26)33-22-7-5-21(31)6-8-22/h4,9-13,16-17,22H,5-8,14-15,18H2,1-3H3. The smallest absolute Gasteiger partial charge is 0.142 e. The number of hydrogen-bond donors (Lipinski definition) is 0. The molecule has 34 heavy (non-hydrogen) atoms. The maximum atomic E-state index is 11.5. The second-order valence-electron chi connectivity index (χ2n) is 9.99. The van der Waals surface area contributed by atoms with Crippen LogP contribution in [0.15, 0.2) is 48.8 Å². The van der Waals surface area contributed by atoms with Gasteiger partial charge in [0.15, 0.2) is 0 Å². The predicted octanol–water partition coefficient (Wildman–Crippen LogP) is 6.62. The van der Waals surface area contributed by atoms with Crippen molar-refractivity contribution >= 4 is 47.7 Å². The van der Waals surface area contributed by atoms with Crippen LogP contribution in [-0.4, -0.2) is 43.3 Å². The molecule has 0 atom stereocenters. The lowest BCUT2D eigenvalue weighted by Gasteiger charge is -2.26. The zero-order valence-electron chi connectivity index (χ0n) is 20.1. The quantitative estimate of drug-likeness (QED) is 0.143. The average Bonchev–Trinajstić information content (AvgIpc) is 2.80. The van der Waals surface area contributed by atoms with Gasteiger partial charge in [-0.15, -0.1) is 0 Å². The summed E-state index contributed by atoms with van der Waals surface area (Å²) < 4.78 is 12.3. The fourth-order valence-corrected chi connectivity index (χ4v) is 4.84. The molecule has 0 amide bonds. The van der Waals surface area contributed by atoms with Crippen LogP contribution in [0.2, 0.25) is 30.8 Å². The van der Waals surface area contributed by atoms with Crippen LogP contribution in [0.4, 0.5) is 11.5 Å². The molecule has 1 fully saturated rings. The van der Waals surface area contributed by atoms with Gasteiger partial charge in [-0.1, -0.05) is 31.2 Å². The predicted molar refractivity (Wildman–Crippen MR) is 140 cm³/mol. The Bertz CT molecular complexity index is 1120. The summed E-state index contributed by atoms with van der Waals surface area (Å²) in [6.07, 6.45) is 6.41. The Hall–Kier alpha value is -2.48. The number of benzene rings is 1. The molecule has 4 rings (SSSR count). The number of aromatic nitrogens is 2. The maximum Gasteiger partial charge on any atom is 0.142 e. The third kappa shape index (κ3) is 6.55. The topological polar surface area (TPSA) is 64.6 Å². The maximum absolute atomic E-state index is 11.5. The number of nitrogens with zero attached hydrogens (tertiary/aromatic N) is 3. The summed E-state index contributed by atoms with van der Waals surface area (Å²) in [6.45, 7) is 8.10. The number of rotatable bonds is 9. The molecule has 0 bridgehead atoms. The number of carbonyl (C=O) groups is 1. The molecule has 3 aromatic rings. The van der Waals surface area contributed by atoms with Gasteiger partial charge >= 0.3 is 0 Å². The van der Waals surface area contributed by atoms with Crippen molar-refractivity contribution in [3.8, 4) is 5.75 Å². The van der Waals surface area contributed by atoms with E-state index in [4.69, 9.17) is 26.1 Å². The van der Waals surface area contributed by atoms with Gasteiger partial charge in [0.2, 0.25) is 0 Å². The molecule has 0 radical (unpaired) electrons. The van der Waals surface area contributed by atoms with Crippen molar-refractivity contribution in [2.24, 2.45) is 0 Å². The van der Waals surface area contributed by atoms with Crippen LogP contribution in [0, 0.1) is 0 Å². The van der Waals surface area contributed by atoms with Crippen molar-refractivity contribution in [1.82, 2.24) is 9.97 Å². The van der Waals surface area contributed by atoms with Crippen molar-refractivity contribution in [1.29, 1.82) is 0 Å². The highest BCUT2D eigenvalue weighted by Gasteiger charge is 2.21. The highest BCUT2D eigenvalue weighted by Crippen LogP contribution is 2.33. The second kappa shape index (κ2) is 10.8.